The standard InChI is InChI=1S/C32H50O4/c1-19(33)36-26-24(34)25(35)32(9)22(28(26,4)5)12-13-31(8)23(32)11-10-20-21-18-27(2,3)14-15-29(21,6)16-17-30(20,31)7/h10-11,21-22,24-26,34-35H,12-18H2,1-9H3/t21-,22-,24+,25+,26-,29+,30+,31+,32-/m0/s1. The van der Waals surface area contributed by atoms with Gasteiger partial charge in [0.25, 0.3) is 0 Å². The third-order valence-corrected chi connectivity index (χ3v) is 12.8. The molecule has 4 heteroatoms. The molecule has 2 N–H and O–H groups in total. The van der Waals surface area contributed by atoms with Crippen molar-refractivity contribution >= 4 is 5.97 Å². The van der Waals surface area contributed by atoms with Crippen LogP contribution >= 0.6 is 0 Å². The molecule has 4 nitrogen and oxygen atoms in total. The van der Waals surface area contributed by atoms with E-state index in [2.05, 4.69) is 67.5 Å². The number of carbonyl (C=O) groups is 1. The normalized spacial score (nSPS) is 50.9. The maximum atomic E-state index is 11.9. The number of aliphatic hydroxyl groups excluding tert-OH is 2. The Morgan fingerprint density at radius 3 is 2.17 bits per heavy atom. The van der Waals surface area contributed by atoms with Crippen molar-refractivity contribution in [1.82, 2.24) is 0 Å². The van der Waals surface area contributed by atoms with Gasteiger partial charge in [-0.05, 0) is 78.4 Å². The Labute approximate surface area is 219 Å². The SMILES string of the molecule is CC(=O)O[C@H]1[C@H](O)[C@@H](O)[C@]2(C)C3=CC=C4[C@@H]5CC(C)(C)CC[C@]5(C)CC[C@@]4(C)[C@]3(C)CC[C@H]2C1(C)C. The fourth-order valence-corrected chi connectivity index (χ4v) is 10.3. The molecular weight excluding hydrogens is 448 g/mol. The zero-order valence-corrected chi connectivity index (χ0v) is 24.2. The highest BCUT2D eigenvalue weighted by Gasteiger charge is 2.70. The first-order chi connectivity index (χ1) is 16.4. The molecule has 9 atom stereocenters. The summed E-state index contributed by atoms with van der Waals surface area (Å²) in [5.74, 6) is 0.307. The minimum atomic E-state index is -1.11. The monoisotopic (exact) mass is 498 g/mol. The van der Waals surface area contributed by atoms with Crippen molar-refractivity contribution in [1.29, 1.82) is 0 Å². The summed E-state index contributed by atoms with van der Waals surface area (Å²) in [4.78, 5) is 11.9. The van der Waals surface area contributed by atoms with E-state index in [1.807, 2.05) is 0 Å². The van der Waals surface area contributed by atoms with E-state index in [-0.39, 0.29) is 16.7 Å². The largest absolute Gasteiger partial charge is 0.459 e. The van der Waals surface area contributed by atoms with Gasteiger partial charge in [-0.3, -0.25) is 4.79 Å². The number of rotatable bonds is 1. The topological polar surface area (TPSA) is 66.8 Å². The van der Waals surface area contributed by atoms with Crippen LogP contribution in [0.5, 0.6) is 0 Å². The van der Waals surface area contributed by atoms with Crippen molar-refractivity contribution in [2.24, 2.45) is 44.3 Å². The molecule has 0 amide bonds. The summed E-state index contributed by atoms with van der Waals surface area (Å²) in [6.07, 6.45) is 10.3. The van der Waals surface area contributed by atoms with Crippen LogP contribution in [-0.2, 0) is 9.53 Å². The molecule has 0 aliphatic heterocycles. The Bertz CT molecular complexity index is 1020. The Morgan fingerprint density at radius 2 is 1.53 bits per heavy atom. The summed E-state index contributed by atoms with van der Waals surface area (Å²) >= 11 is 0. The summed E-state index contributed by atoms with van der Waals surface area (Å²) < 4.78 is 5.66. The maximum absolute atomic E-state index is 11.9. The van der Waals surface area contributed by atoms with Crippen LogP contribution in [0.15, 0.2) is 23.3 Å². The van der Waals surface area contributed by atoms with Crippen molar-refractivity contribution in [2.75, 3.05) is 0 Å². The van der Waals surface area contributed by atoms with Crippen molar-refractivity contribution in [3.8, 4) is 0 Å². The van der Waals surface area contributed by atoms with Gasteiger partial charge in [0, 0.05) is 17.8 Å². The number of allylic oxidation sites excluding steroid dienone is 3. The molecule has 0 saturated heterocycles. The third kappa shape index (κ3) is 3.22. The number of esters is 1. The second-order valence-corrected chi connectivity index (χ2v) is 15.6. The molecule has 0 radical (unpaired) electrons. The van der Waals surface area contributed by atoms with Crippen LogP contribution in [0.2, 0.25) is 0 Å². The lowest BCUT2D eigenvalue weighted by Gasteiger charge is -2.69. The molecule has 36 heavy (non-hydrogen) atoms. The Kier molecular flexibility index (Phi) is 5.67. The van der Waals surface area contributed by atoms with E-state index >= 15 is 0 Å². The van der Waals surface area contributed by atoms with E-state index in [0.717, 1.165) is 12.8 Å². The van der Waals surface area contributed by atoms with Gasteiger partial charge in [-0.1, -0.05) is 78.7 Å². The summed E-state index contributed by atoms with van der Waals surface area (Å²) in [6, 6.07) is 0. The fraction of sp³-hybridized carbons (Fsp3) is 0.844. The first-order valence-corrected chi connectivity index (χ1v) is 14.4. The number of aliphatic hydroxyl groups is 2. The second kappa shape index (κ2) is 7.72. The number of hydrogen-bond acceptors (Lipinski definition) is 4. The Morgan fingerprint density at radius 1 is 0.889 bits per heavy atom. The van der Waals surface area contributed by atoms with Gasteiger partial charge in [0.2, 0.25) is 0 Å². The molecular formula is C32H50O4. The second-order valence-electron chi connectivity index (χ2n) is 15.6. The third-order valence-electron chi connectivity index (χ3n) is 12.8. The number of ether oxygens (including phenoxy) is 1. The average Bonchev–Trinajstić information content (AvgIpc) is 2.77. The van der Waals surface area contributed by atoms with Crippen LogP contribution in [0.4, 0.5) is 0 Å². The van der Waals surface area contributed by atoms with Crippen LogP contribution < -0.4 is 0 Å². The van der Waals surface area contributed by atoms with Crippen LogP contribution in [0.3, 0.4) is 0 Å². The quantitative estimate of drug-likeness (QED) is 0.400. The Hall–Kier alpha value is -1.13. The number of fused-ring (bicyclic) bond motifs is 7. The highest BCUT2D eigenvalue weighted by Crippen LogP contribution is 2.74. The van der Waals surface area contributed by atoms with Crippen molar-refractivity contribution in [3.05, 3.63) is 23.3 Å². The molecule has 0 heterocycles. The molecule has 5 aliphatic rings. The van der Waals surface area contributed by atoms with E-state index in [9.17, 15) is 15.0 Å². The van der Waals surface area contributed by atoms with Gasteiger partial charge in [-0.15, -0.1) is 0 Å². The summed E-state index contributed by atoms with van der Waals surface area (Å²) in [6.45, 7) is 20.2. The summed E-state index contributed by atoms with van der Waals surface area (Å²) in [7, 11) is 0. The molecule has 202 valence electrons. The van der Waals surface area contributed by atoms with Gasteiger partial charge >= 0.3 is 5.97 Å². The highest BCUT2D eigenvalue weighted by atomic mass is 16.6. The minimum Gasteiger partial charge on any atom is -0.459 e. The van der Waals surface area contributed by atoms with Gasteiger partial charge in [-0.2, -0.15) is 0 Å². The van der Waals surface area contributed by atoms with E-state index in [4.69, 9.17) is 4.74 Å². The molecule has 0 spiro atoms. The summed E-state index contributed by atoms with van der Waals surface area (Å²) in [5, 5.41) is 23.1. The number of hydrogen-bond donors (Lipinski definition) is 2. The van der Waals surface area contributed by atoms with E-state index in [1.54, 1.807) is 5.57 Å². The highest BCUT2D eigenvalue weighted by molar-refractivity contribution is 5.66. The van der Waals surface area contributed by atoms with E-state index < -0.39 is 35.1 Å². The van der Waals surface area contributed by atoms with Gasteiger partial charge in [0.05, 0.1) is 6.10 Å². The smallest absolute Gasteiger partial charge is 0.303 e. The molecule has 0 unspecified atom stereocenters. The molecule has 0 aromatic rings. The molecule has 5 aliphatic carbocycles. The molecule has 4 fully saturated rings. The molecule has 4 saturated carbocycles. The van der Waals surface area contributed by atoms with Gasteiger partial charge in [0.15, 0.2) is 0 Å². The number of carbonyl (C=O) groups excluding carboxylic acids is 1. The van der Waals surface area contributed by atoms with Gasteiger partial charge in [0.1, 0.15) is 12.2 Å². The lowest BCUT2D eigenvalue weighted by atomic mass is 9.35. The lowest BCUT2D eigenvalue weighted by Crippen LogP contribution is -2.69. The van der Waals surface area contributed by atoms with Crippen LogP contribution in [0.25, 0.3) is 0 Å². The molecule has 0 bridgehead atoms. The molecule has 0 aromatic heterocycles. The first kappa shape index (κ1) is 26.5. The lowest BCUT2D eigenvalue weighted by molar-refractivity contribution is -0.238. The van der Waals surface area contributed by atoms with Gasteiger partial charge in [-0.25, -0.2) is 0 Å². The van der Waals surface area contributed by atoms with Crippen molar-refractivity contribution in [2.45, 2.75) is 126 Å². The molecule has 5 rings (SSSR count). The Balaban J connectivity index is 1.63. The maximum Gasteiger partial charge on any atom is 0.303 e. The van der Waals surface area contributed by atoms with Crippen LogP contribution in [0, 0.1) is 44.3 Å². The predicted molar refractivity (Wildman–Crippen MR) is 143 cm³/mol. The van der Waals surface area contributed by atoms with E-state index in [1.165, 1.54) is 44.6 Å². The minimum absolute atomic E-state index is 0.0458. The van der Waals surface area contributed by atoms with E-state index in [0.29, 0.717) is 16.7 Å². The van der Waals surface area contributed by atoms with Crippen LogP contribution in [-0.4, -0.2) is 34.5 Å². The van der Waals surface area contributed by atoms with Gasteiger partial charge < -0.3 is 14.9 Å². The predicted octanol–water partition coefficient (Wildman–Crippen LogP) is 6.60. The zero-order valence-electron chi connectivity index (χ0n) is 24.2. The van der Waals surface area contributed by atoms with Crippen LogP contribution in [0.1, 0.15) is 107 Å². The molecule has 0 aromatic carbocycles. The zero-order chi connectivity index (χ0) is 26.7. The van der Waals surface area contributed by atoms with Crippen molar-refractivity contribution < 1.29 is 19.7 Å². The first-order valence-electron chi connectivity index (χ1n) is 14.4. The van der Waals surface area contributed by atoms with Crippen molar-refractivity contribution in [3.63, 3.8) is 0 Å². The fourth-order valence-electron chi connectivity index (χ4n) is 10.3. The average molecular weight is 499 g/mol. The summed E-state index contributed by atoms with van der Waals surface area (Å²) in [5.41, 5.74) is 2.63.